The van der Waals surface area contributed by atoms with E-state index in [1.807, 2.05) is 13.8 Å². The predicted octanol–water partition coefficient (Wildman–Crippen LogP) is 3.50. The van der Waals surface area contributed by atoms with Gasteiger partial charge >= 0.3 is 0 Å². The molecule has 0 aliphatic carbocycles. The molecular weight excluding hydrogens is 294 g/mol. The van der Waals surface area contributed by atoms with E-state index in [2.05, 4.69) is 10.2 Å². The number of nitro benzene ring substituents is 1. The number of benzene rings is 1. The molecule has 1 heterocycles. The van der Waals surface area contributed by atoms with Gasteiger partial charge in [-0.2, -0.15) is 0 Å². The lowest BCUT2D eigenvalue weighted by atomic mass is 10.1. The van der Waals surface area contributed by atoms with Gasteiger partial charge in [0.15, 0.2) is 0 Å². The highest BCUT2D eigenvalue weighted by molar-refractivity contribution is 5.96. The molecule has 0 aromatic heterocycles. The fraction of sp³-hybridized carbons (Fsp3) is 0.588. The van der Waals surface area contributed by atoms with Crippen LogP contribution in [0.1, 0.15) is 56.3 Å². The third kappa shape index (κ3) is 4.43. The van der Waals surface area contributed by atoms with Crippen molar-refractivity contribution in [2.24, 2.45) is 0 Å². The molecule has 0 bridgehead atoms. The molecule has 23 heavy (non-hydrogen) atoms. The van der Waals surface area contributed by atoms with Crippen molar-refractivity contribution in [1.29, 1.82) is 0 Å². The van der Waals surface area contributed by atoms with E-state index < -0.39 is 0 Å². The molecule has 2 rings (SSSR count). The Morgan fingerprint density at radius 1 is 1.30 bits per heavy atom. The number of amides is 1. The summed E-state index contributed by atoms with van der Waals surface area (Å²) in [6.45, 7) is 5.56. The van der Waals surface area contributed by atoms with Crippen LogP contribution in [0.25, 0.3) is 0 Å². The Balaban J connectivity index is 2.27. The van der Waals surface area contributed by atoms with E-state index in [-0.39, 0.29) is 22.6 Å². The van der Waals surface area contributed by atoms with Gasteiger partial charge in [-0.25, -0.2) is 0 Å². The number of nitrogens with one attached hydrogen (secondary N) is 1. The van der Waals surface area contributed by atoms with Gasteiger partial charge in [0.25, 0.3) is 11.6 Å². The second-order valence-corrected chi connectivity index (χ2v) is 6.14. The third-order valence-electron chi connectivity index (χ3n) is 4.37. The first-order valence-electron chi connectivity index (χ1n) is 8.37. The number of hydrogen-bond acceptors (Lipinski definition) is 4. The van der Waals surface area contributed by atoms with Crippen LogP contribution in [-0.4, -0.2) is 30.0 Å². The fourth-order valence-electron chi connectivity index (χ4n) is 2.80. The molecule has 1 saturated heterocycles. The molecule has 1 aliphatic heterocycles. The molecule has 6 nitrogen and oxygen atoms in total. The van der Waals surface area contributed by atoms with Crippen LogP contribution in [0.15, 0.2) is 18.2 Å². The smallest absolute Gasteiger partial charge is 0.293 e. The maximum atomic E-state index is 12.2. The molecule has 0 spiro atoms. The van der Waals surface area contributed by atoms with Crippen molar-refractivity contribution in [2.75, 3.05) is 18.0 Å². The first-order valence-corrected chi connectivity index (χ1v) is 8.37. The molecule has 1 N–H and O–H groups in total. The quantitative estimate of drug-likeness (QED) is 0.665. The first-order chi connectivity index (χ1) is 11.0. The summed E-state index contributed by atoms with van der Waals surface area (Å²) in [4.78, 5) is 25.3. The lowest BCUT2D eigenvalue weighted by molar-refractivity contribution is -0.384. The summed E-state index contributed by atoms with van der Waals surface area (Å²) in [5, 5.41) is 14.3. The number of hydrogen-bond donors (Lipinski definition) is 1. The molecule has 1 amide bonds. The van der Waals surface area contributed by atoms with Crippen LogP contribution in [-0.2, 0) is 0 Å². The number of carbonyl (C=O) groups excluding carboxylic acids is 1. The zero-order chi connectivity index (χ0) is 16.8. The first kappa shape index (κ1) is 17.2. The molecule has 0 radical (unpaired) electrons. The summed E-state index contributed by atoms with van der Waals surface area (Å²) in [5.74, 6) is -0.259. The predicted molar refractivity (Wildman–Crippen MR) is 91.0 cm³/mol. The molecule has 0 saturated carbocycles. The largest absolute Gasteiger partial charge is 0.366 e. The zero-order valence-electron chi connectivity index (χ0n) is 13.9. The molecule has 126 valence electrons. The van der Waals surface area contributed by atoms with E-state index in [0.29, 0.717) is 11.3 Å². The molecule has 6 heteroatoms. The average molecular weight is 319 g/mol. The molecule has 1 fully saturated rings. The minimum Gasteiger partial charge on any atom is -0.366 e. The number of nitrogens with zero attached hydrogens (tertiary/aromatic N) is 2. The van der Waals surface area contributed by atoms with Crippen LogP contribution in [0.2, 0.25) is 0 Å². The minimum atomic E-state index is -0.389. The summed E-state index contributed by atoms with van der Waals surface area (Å²) in [6.07, 6.45) is 5.25. The summed E-state index contributed by atoms with van der Waals surface area (Å²) in [6, 6.07) is 4.85. The van der Waals surface area contributed by atoms with Gasteiger partial charge in [0.05, 0.1) is 4.92 Å². The lowest BCUT2D eigenvalue weighted by Crippen LogP contribution is -2.32. The highest BCUT2D eigenvalue weighted by Gasteiger charge is 2.22. The monoisotopic (exact) mass is 319 g/mol. The topological polar surface area (TPSA) is 75.5 Å². The van der Waals surface area contributed by atoms with E-state index in [1.54, 1.807) is 12.1 Å². The molecule has 1 aliphatic rings. The van der Waals surface area contributed by atoms with E-state index in [1.165, 1.54) is 18.9 Å². The van der Waals surface area contributed by atoms with Gasteiger partial charge < -0.3 is 10.2 Å². The van der Waals surface area contributed by atoms with E-state index in [0.717, 1.165) is 32.4 Å². The van der Waals surface area contributed by atoms with Crippen molar-refractivity contribution >= 4 is 17.3 Å². The maximum Gasteiger partial charge on any atom is 0.293 e. The van der Waals surface area contributed by atoms with E-state index >= 15 is 0 Å². The second-order valence-electron chi connectivity index (χ2n) is 6.14. The van der Waals surface area contributed by atoms with Crippen LogP contribution >= 0.6 is 0 Å². The van der Waals surface area contributed by atoms with Crippen molar-refractivity contribution in [2.45, 2.75) is 52.0 Å². The van der Waals surface area contributed by atoms with Gasteiger partial charge in [0, 0.05) is 30.8 Å². The Morgan fingerprint density at radius 2 is 1.96 bits per heavy atom. The summed E-state index contributed by atoms with van der Waals surface area (Å²) < 4.78 is 0. The second kappa shape index (κ2) is 7.94. The molecule has 0 unspecified atom stereocenters. The maximum absolute atomic E-state index is 12.2. The lowest BCUT2D eigenvalue weighted by Gasteiger charge is -2.22. The third-order valence-corrected chi connectivity index (χ3v) is 4.37. The van der Waals surface area contributed by atoms with E-state index in [9.17, 15) is 14.9 Å². The van der Waals surface area contributed by atoms with Gasteiger partial charge in [-0.15, -0.1) is 0 Å². The van der Waals surface area contributed by atoms with Crippen molar-refractivity contribution in [3.63, 3.8) is 0 Å². The average Bonchev–Trinajstić information content (AvgIpc) is 2.83. The summed E-state index contributed by atoms with van der Waals surface area (Å²) in [7, 11) is 0. The minimum absolute atomic E-state index is 0.0173. The van der Waals surface area contributed by atoms with Crippen LogP contribution in [0.4, 0.5) is 11.4 Å². The van der Waals surface area contributed by atoms with Crippen LogP contribution in [0.3, 0.4) is 0 Å². The Morgan fingerprint density at radius 3 is 2.52 bits per heavy atom. The van der Waals surface area contributed by atoms with Crippen LogP contribution < -0.4 is 10.2 Å². The number of anilines is 1. The van der Waals surface area contributed by atoms with Crippen LogP contribution in [0, 0.1) is 10.1 Å². The summed E-state index contributed by atoms with van der Waals surface area (Å²) in [5.41, 5.74) is 0.983. The molecule has 1 aromatic rings. The van der Waals surface area contributed by atoms with Gasteiger partial charge in [0.2, 0.25) is 0 Å². The number of carbonyl (C=O) groups is 1. The summed E-state index contributed by atoms with van der Waals surface area (Å²) >= 11 is 0. The van der Waals surface area contributed by atoms with Crippen molar-refractivity contribution in [1.82, 2.24) is 5.32 Å². The molecule has 1 atom stereocenters. The SMILES string of the molecule is CC[C@H](C)NC(=O)c1ccc(N2CCCCCC2)c([N+](=O)[O-])c1. The Bertz CT molecular complexity index is 566. The zero-order valence-corrected chi connectivity index (χ0v) is 13.9. The van der Waals surface area contributed by atoms with Gasteiger partial charge in [0.1, 0.15) is 5.69 Å². The molecule has 1 aromatic carbocycles. The normalized spacial score (nSPS) is 16.5. The molecular formula is C17H25N3O3. The Kier molecular flexibility index (Phi) is 5.96. The number of rotatable bonds is 5. The fourth-order valence-corrected chi connectivity index (χ4v) is 2.80. The van der Waals surface area contributed by atoms with Crippen molar-refractivity contribution in [3.8, 4) is 0 Å². The van der Waals surface area contributed by atoms with Gasteiger partial charge in [-0.1, -0.05) is 19.8 Å². The number of nitro groups is 1. The van der Waals surface area contributed by atoms with Crippen molar-refractivity contribution in [3.05, 3.63) is 33.9 Å². The highest BCUT2D eigenvalue weighted by atomic mass is 16.6. The van der Waals surface area contributed by atoms with Crippen molar-refractivity contribution < 1.29 is 9.72 Å². The Hall–Kier alpha value is -2.11. The van der Waals surface area contributed by atoms with Gasteiger partial charge in [-0.05, 0) is 38.3 Å². The standard InChI is InChI=1S/C17H25N3O3/c1-3-13(2)18-17(21)14-8-9-15(16(12-14)20(22)23)19-10-6-4-5-7-11-19/h8-9,12-13H,3-7,10-11H2,1-2H3,(H,18,21)/t13-/m0/s1. The van der Waals surface area contributed by atoms with E-state index in [4.69, 9.17) is 0 Å². The van der Waals surface area contributed by atoms with Crippen LogP contribution in [0.5, 0.6) is 0 Å². The Labute approximate surface area is 137 Å². The highest BCUT2D eigenvalue weighted by Crippen LogP contribution is 2.31. The van der Waals surface area contributed by atoms with Gasteiger partial charge in [-0.3, -0.25) is 14.9 Å².